The Morgan fingerprint density at radius 3 is 2.26 bits per heavy atom. The van der Waals surface area contributed by atoms with Gasteiger partial charge in [-0.3, -0.25) is 19.2 Å². The van der Waals surface area contributed by atoms with Crippen molar-refractivity contribution in [3.63, 3.8) is 0 Å². The molecule has 2 N–H and O–H groups in total. The molecule has 4 aliphatic carbocycles. The number of carbonyl (C=O) groups excluding carboxylic acids is 4. The SMILES string of the molecule is COC(=O)C(C)CC(=O)C[C@@H](C)[C@H]1C[C@H](O)[C@@]2(C)C3=C(C(=O)C[C@]12C)[C@@]1(C)CCC(=O)C(C)(C)[C@@H]1C[C@H]3O. The van der Waals surface area contributed by atoms with Gasteiger partial charge in [0.15, 0.2) is 5.78 Å². The van der Waals surface area contributed by atoms with Gasteiger partial charge in [-0.25, -0.2) is 0 Å². The van der Waals surface area contributed by atoms with Gasteiger partial charge in [0.05, 0.1) is 25.2 Å². The van der Waals surface area contributed by atoms with Crippen molar-refractivity contribution < 1.29 is 34.1 Å². The number of ether oxygens (including phenoxy) is 1. The molecule has 0 saturated heterocycles. The molecular weight excluding hydrogens is 484 g/mol. The maximum Gasteiger partial charge on any atom is 0.308 e. The maximum atomic E-state index is 14.1. The monoisotopic (exact) mass is 530 g/mol. The zero-order valence-corrected chi connectivity index (χ0v) is 24.3. The average molecular weight is 531 g/mol. The van der Waals surface area contributed by atoms with E-state index in [0.717, 1.165) is 0 Å². The van der Waals surface area contributed by atoms with Crippen LogP contribution in [0.15, 0.2) is 11.1 Å². The minimum absolute atomic E-state index is 0.00770. The first kappa shape index (κ1) is 29.1. The molecule has 38 heavy (non-hydrogen) atoms. The van der Waals surface area contributed by atoms with Crippen LogP contribution < -0.4 is 0 Å². The lowest BCUT2D eigenvalue weighted by Gasteiger charge is -2.61. The van der Waals surface area contributed by atoms with Crippen molar-refractivity contribution in [2.75, 3.05) is 7.11 Å². The van der Waals surface area contributed by atoms with E-state index in [0.29, 0.717) is 36.8 Å². The quantitative estimate of drug-likeness (QED) is 0.494. The highest BCUT2D eigenvalue weighted by molar-refractivity contribution is 6.01. The first-order valence-electron chi connectivity index (χ1n) is 14.2. The molecule has 7 heteroatoms. The van der Waals surface area contributed by atoms with Gasteiger partial charge in [0.25, 0.3) is 0 Å². The van der Waals surface area contributed by atoms with Gasteiger partial charge in [0.2, 0.25) is 0 Å². The average Bonchev–Trinajstić information content (AvgIpc) is 3.03. The lowest BCUT2D eigenvalue weighted by atomic mass is 9.42. The van der Waals surface area contributed by atoms with E-state index in [1.807, 2.05) is 34.6 Å². The molecule has 4 aliphatic rings. The number of esters is 1. The van der Waals surface area contributed by atoms with Crippen LogP contribution in [-0.2, 0) is 23.9 Å². The molecule has 0 bridgehead atoms. The van der Waals surface area contributed by atoms with Crippen molar-refractivity contribution in [2.45, 2.75) is 106 Å². The van der Waals surface area contributed by atoms with Crippen molar-refractivity contribution >= 4 is 23.3 Å². The van der Waals surface area contributed by atoms with Crippen LogP contribution in [-0.4, -0.2) is 52.8 Å². The summed E-state index contributed by atoms with van der Waals surface area (Å²) in [5.74, 6) is -1.15. The molecule has 2 fully saturated rings. The van der Waals surface area contributed by atoms with E-state index in [9.17, 15) is 29.4 Å². The van der Waals surface area contributed by atoms with Crippen LogP contribution in [0.3, 0.4) is 0 Å². The molecule has 9 atom stereocenters. The van der Waals surface area contributed by atoms with Crippen LogP contribution in [0.25, 0.3) is 0 Å². The van der Waals surface area contributed by atoms with Gasteiger partial charge in [-0.1, -0.05) is 48.5 Å². The fourth-order valence-corrected chi connectivity index (χ4v) is 9.40. The highest BCUT2D eigenvalue weighted by atomic mass is 16.5. The van der Waals surface area contributed by atoms with E-state index in [1.54, 1.807) is 6.92 Å². The summed E-state index contributed by atoms with van der Waals surface area (Å²) >= 11 is 0. The molecule has 0 radical (unpaired) electrons. The normalized spacial score (nSPS) is 41.6. The first-order chi connectivity index (χ1) is 17.5. The largest absolute Gasteiger partial charge is 0.469 e. The van der Waals surface area contributed by atoms with E-state index in [1.165, 1.54) is 7.11 Å². The Bertz CT molecular complexity index is 1090. The molecule has 0 aromatic rings. The van der Waals surface area contributed by atoms with Crippen LogP contribution >= 0.6 is 0 Å². The highest BCUT2D eigenvalue weighted by Gasteiger charge is 2.70. The Morgan fingerprint density at radius 1 is 1.03 bits per heavy atom. The molecule has 1 unspecified atom stereocenters. The van der Waals surface area contributed by atoms with Gasteiger partial charge in [-0.05, 0) is 48.0 Å². The zero-order chi connectivity index (χ0) is 28.6. The number of allylic oxidation sites excluding steroid dienone is 1. The minimum atomic E-state index is -0.909. The summed E-state index contributed by atoms with van der Waals surface area (Å²) in [6.45, 7) is 13.7. The fourth-order valence-electron chi connectivity index (χ4n) is 9.40. The molecule has 0 aromatic heterocycles. The second-order valence-electron chi connectivity index (χ2n) is 14.1. The molecule has 212 valence electrons. The summed E-state index contributed by atoms with van der Waals surface area (Å²) in [4.78, 5) is 51.7. The van der Waals surface area contributed by atoms with Gasteiger partial charge < -0.3 is 14.9 Å². The third-order valence-corrected chi connectivity index (χ3v) is 11.8. The van der Waals surface area contributed by atoms with Crippen molar-refractivity contribution in [3.05, 3.63) is 11.1 Å². The summed E-state index contributed by atoms with van der Waals surface area (Å²) in [6, 6.07) is 0. The predicted octanol–water partition coefficient (Wildman–Crippen LogP) is 4.22. The highest BCUT2D eigenvalue weighted by Crippen LogP contribution is 2.71. The molecule has 7 nitrogen and oxygen atoms in total. The van der Waals surface area contributed by atoms with Crippen LogP contribution in [0.5, 0.6) is 0 Å². The van der Waals surface area contributed by atoms with E-state index >= 15 is 0 Å². The summed E-state index contributed by atoms with van der Waals surface area (Å²) in [5, 5.41) is 23.3. The molecule has 0 spiro atoms. The number of rotatable bonds is 6. The summed E-state index contributed by atoms with van der Waals surface area (Å²) in [6.07, 6.45) is 0.728. The topological polar surface area (TPSA) is 118 Å². The summed E-state index contributed by atoms with van der Waals surface area (Å²) < 4.78 is 4.76. The third-order valence-electron chi connectivity index (χ3n) is 11.8. The standard InChI is InChI=1S/C31H46O7/c1-16(11-18(32)12-17(2)27(37)38-8)19-13-24(36)31(7)26-20(33)14-22-28(3,4)23(35)9-10-29(22,5)25(26)21(34)15-30(19,31)6/h16-17,19-20,22,24,33,36H,9-15H2,1-8H3/t16-,17?,19-,20-,22+,24+,29+,30-,31+/m1/s1. The van der Waals surface area contributed by atoms with Gasteiger partial charge in [0, 0.05) is 47.5 Å². The fraction of sp³-hybridized carbons (Fsp3) is 0.806. The van der Waals surface area contributed by atoms with Crippen LogP contribution in [0.2, 0.25) is 0 Å². The van der Waals surface area contributed by atoms with E-state index in [2.05, 4.69) is 6.92 Å². The Hall–Kier alpha value is -1.86. The van der Waals surface area contributed by atoms with E-state index < -0.39 is 45.8 Å². The molecule has 0 amide bonds. The number of carbonyl (C=O) groups is 4. The number of fused-ring (bicyclic) bond motifs is 4. The minimum Gasteiger partial charge on any atom is -0.469 e. The molecular formula is C31H46O7. The molecule has 4 rings (SSSR count). The number of aliphatic hydroxyl groups excluding tert-OH is 2. The number of hydrogen-bond acceptors (Lipinski definition) is 7. The molecule has 0 aliphatic heterocycles. The van der Waals surface area contributed by atoms with Crippen molar-refractivity contribution in [3.8, 4) is 0 Å². The Morgan fingerprint density at radius 2 is 1.66 bits per heavy atom. The lowest BCUT2D eigenvalue weighted by molar-refractivity contribution is -0.147. The molecule has 0 aromatic carbocycles. The zero-order valence-electron chi connectivity index (χ0n) is 24.3. The second-order valence-corrected chi connectivity index (χ2v) is 14.1. The van der Waals surface area contributed by atoms with Crippen LogP contribution in [0, 0.1) is 45.3 Å². The Balaban J connectivity index is 1.71. The van der Waals surface area contributed by atoms with E-state index in [4.69, 9.17) is 4.74 Å². The number of aliphatic hydroxyl groups is 2. The maximum absolute atomic E-state index is 14.1. The van der Waals surface area contributed by atoms with Crippen molar-refractivity contribution in [2.24, 2.45) is 45.3 Å². The first-order valence-corrected chi connectivity index (χ1v) is 14.2. The molecule has 0 heterocycles. The van der Waals surface area contributed by atoms with Gasteiger partial charge in [-0.2, -0.15) is 0 Å². The number of Topliss-reactive ketones (excluding diaryl/α,β-unsaturated/α-hetero) is 3. The van der Waals surface area contributed by atoms with Crippen molar-refractivity contribution in [1.82, 2.24) is 0 Å². The molecule has 2 saturated carbocycles. The van der Waals surface area contributed by atoms with Crippen molar-refractivity contribution in [1.29, 1.82) is 0 Å². The van der Waals surface area contributed by atoms with Gasteiger partial charge in [0.1, 0.15) is 11.6 Å². The summed E-state index contributed by atoms with van der Waals surface area (Å²) in [5.41, 5.74) is -1.31. The van der Waals surface area contributed by atoms with Gasteiger partial charge >= 0.3 is 5.97 Å². The number of ketones is 3. The predicted molar refractivity (Wildman–Crippen MR) is 142 cm³/mol. The van der Waals surface area contributed by atoms with Crippen LogP contribution in [0.4, 0.5) is 0 Å². The lowest BCUT2D eigenvalue weighted by Crippen LogP contribution is -2.60. The third kappa shape index (κ3) is 3.89. The van der Waals surface area contributed by atoms with E-state index in [-0.39, 0.29) is 54.4 Å². The van der Waals surface area contributed by atoms with Gasteiger partial charge in [-0.15, -0.1) is 0 Å². The second kappa shape index (κ2) is 9.36. The Labute approximate surface area is 226 Å². The number of hydrogen-bond donors (Lipinski definition) is 2. The number of methoxy groups -OCH3 is 1. The summed E-state index contributed by atoms with van der Waals surface area (Å²) in [7, 11) is 1.31. The van der Waals surface area contributed by atoms with Crippen LogP contribution in [0.1, 0.15) is 93.4 Å². The smallest absolute Gasteiger partial charge is 0.308 e. The Kier molecular flexibility index (Phi) is 7.18.